The van der Waals surface area contributed by atoms with Crippen molar-refractivity contribution in [3.8, 4) is 0 Å². The van der Waals surface area contributed by atoms with Gasteiger partial charge >= 0.3 is 5.97 Å². The summed E-state index contributed by atoms with van der Waals surface area (Å²) in [4.78, 5) is 11.1. The van der Waals surface area contributed by atoms with Crippen LogP contribution in [0.2, 0.25) is 0 Å². The predicted molar refractivity (Wildman–Crippen MR) is 58.4 cm³/mol. The number of carbonyl (C=O) groups is 1. The fourth-order valence-corrected chi connectivity index (χ4v) is 1.73. The quantitative estimate of drug-likeness (QED) is 0.495. The second kappa shape index (κ2) is 7.46. The van der Waals surface area contributed by atoms with E-state index in [2.05, 4.69) is 0 Å². The lowest BCUT2D eigenvalue weighted by molar-refractivity contribution is -0.136. The monoisotopic (exact) mass is 212 g/mol. The Labute approximate surface area is 91.1 Å². The van der Waals surface area contributed by atoms with Crippen molar-refractivity contribution in [2.24, 2.45) is 0 Å². The van der Waals surface area contributed by atoms with E-state index in [-0.39, 0.29) is 5.97 Å². The van der Waals surface area contributed by atoms with Gasteiger partial charge in [-0.05, 0) is 25.3 Å². The van der Waals surface area contributed by atoms with Crippen molar-refractivity contribution < 1.29 is 14.6 Å². The highest BCUT2D eigenvalue weighted by atomic mass is 16.5. The van der Waals surface area contributed by atoms with Crippen LogP contribution in [0.3, 0.4) is 0 Å². The minimum atomic E-state index is -0.129. The summed E-state index contributed by atoms with van der Waals surface area (Å²) in [6.07, 6.45) is 9.38. The van der Waals surface area contributed by atoms with E-state index in [1.54, 1.807) is 0 Å². The molecule has 0 bridgehead atoms. The topological polar surface area (TPSA) is 46.5 Å². The van der Waals surface area contributed by atoms with Crippen molar-refractivity contribution >= 4 is 5.97 Å². The van der Waals surface area contributed by atoms with Gasteiger partial charge in [0, 0.05) is 12.2 Å². The number of aliphatic hydroxyl groups is 1. The van der Waals surface area contributed by atoms with Gasteiger partial charge in [-0.2, -0.15) is 0 Å². The Morgan fingerprint density at radius 3 is 2.40 bits per heavy atom. The first-order valence-corrected chi connectivity index (χ1v) is 5.81. The molecule has 0 aromatic heterocycles. The van der Waals surface area contributed by atoms with E-state index in [1.165, 1.54) is 12.8 Å². The van der Waals surface area contributed by atoms with E-state index in [0.717, 1.165) is 37.7 Å². The Morgan fingerprint density at radius 2 is 1.80 bits per heavy atom. The zero-order valence-electron chi connectivity index (χ0n) is 9.21. The van der Waals surface area contributed by atoms with Gasteiger partial charge in [-0.25, -0.2) is 4.79 Å². The average Bonchev–Trinajstić information content (AvgIpc) is 2.63. The molecule has 1 N–H and O–H groups in total. The van der Waals surface area contributed by atoms with Crippen LogP contribution in [0.1, 0.15) is 44.9 Å². The van der Waals surface area contributed by atoms with Crippen LogP contribution in [-0.4, -0.2) is 24.3 Å². The number of ether oxygens (including phenoxy) is 1. The lowest BCUT2D eigenvalue weighted by atomic mass is 10.1. The Morgan fingerprint density at radius 1 is 1.13 bits per heavy atom. The molecule has 0 spiro atoms. The van der Waals surface area contributed by atoms with Gasteiger partial charge in [-0.1, -0.05) is 25.7 Å². The summed E-state index contributed by atoms with van der Waals surface area (Å²) in [5, 5.41) is 8.58. The fourth-order valence-electron chi connectivity index (χ4n) is 1.73. The van der Waals surface area contributed by atoms with E-state index < -0.39 is 0 Å². The molecule has 0 radical (unpaired) electrons. The molecule has 0 amide bonds. The number of hydrogen-bond acceptors (Lipinski definition) is 3. The minimum absolute atomic E-state index is 0.129. The molecule has 0 saturated heterocycles. The van der Waals surface area contributed by atoms with Crippen LogP contribution in [0, 0.1) is 0 Å². The first kappa shape index (κ1) is 12.2. The molecular formula is C12H20O3. The van der Waals surface area contributed by atoms with Gasteiger partial charge in [0.05, 0.1) is 0 Å². The molecule has 0 fully saturated rings. The summed E-state index contributed by atoms with van der Waals surface area (Å²) in [6.45, 7) is 0.767. The number of hydrogen-bond donors (Lipinski definition) is 1. The van der Waals surface area contributed by atoms with Gasteiger partial charge in [-0.15, -0.1) is 0 Å². The number of esters is 1. The standard InChI is InChI=1S/C12H20O3/c13-9-6-4-2-1-3-5-7-11-8-10-15-12(11)14/h8,13H,1-7,9-10H2. The maximum atomic E-state index is 11.1. The third kappa shape index (κ3) is 4.98. The molecule has 1 rings (SSSR count). The van der Waals surface area contributed by atoms with Crippen LogP contribution in [0.5, 0.6) is 0 Å². The first-order valence-electron chi connectivity index (χ1n) is 5.81. The Bertz CT molecular complexity index is 221. The maximum absolute atomic E-state index is 11.1. The normalized spacial score (nSPS) is 15.3. The number of cyclic esters (lactones) is 1. The molecule has 0 saturated carbocycles. The van der Waals surface area contributed by atoms with E-state index in [1.807, 2.05) is 6.08 Å². The smallest absolute Gasteiger partial charge is 0.334 e. The molecule has 1 heterocycles. The SMILES string of the molecule is O=C1OCC=C1CCCCCCCCO. The van der Waals surface area contributed by atoms with Crippen LogP contribution in [-0.2, 0) is 9.53 Å². The van der Waals surface area contributed by atoms with Crippen molar-refractivity contribution in [1.82, 2.24) is 0 Å². The summed E-state index contributed by atoms with van der Waals surface area (Å²) >= 11 is 0. The molecule has 0 atom stereocenters. The molecule has 15 heavy (non-hydrogen) atoms. The lowest BCUT2D eigenvalue weighted by Crippen LogP contribution is -1.99. The second-order valence-corrected chi connectivity index (χ2v) is 3.92. The number of unbranched alkanes of at least 4 members (excludes halogenated alkanes) is 5. The third-order valence-electron chi connectivity index (χ3n) is 2.66. The number of rotatable bonds is 8. The molecular weight excluding hydrogens is 192 g/mol. The average molecular weight is 212 g/mol. The molecule has 3 heteroatoms. The van der Waals surface area contributed by atoms with Crippen molar-refractivity contribution in [2.75, 3.05) is 13.2 Å². The molecule has 1 aliphatic rings. The molecule has 3 nitrogen and oxygen atoms in total. The number of aliphatic hydroxyl groups excluding tert-OH is 1. The Balaban J connectivity index is 1.91. The molecule has 1 aliphatic heterocycles. The van der Waals surface area contributed by atoms with Gasteiger partial charge in [0.25, 0.3) is 0 Å². The van der Waals surface area contributed by atoms with Crippen LogP contribution in [0.25, 0.3) is 0 Å². The highest BCUT2D eigenvalue weighted by molar-refractivity contribution is 5.90. The van der Waals surface area contributed by atoms with Crippen molar-refractivity contribution in [3.63, 3.8) is 0 Å². The van der Waals surface area contributed by atoms with Gasteiger partial charge < -0.3 is 9.84 Å². The second-order valence-electron chi connectivity index (χ2n) is 3.92. The van der Waals surface area contributed by atoms with E-state index in [9.17, 15) is 4.79 Å². The van der Waals surface area contributed by atoms with E-state index in [4.69, 9.17) is 9.84 Å². The van der Waals surface area contributed by atoms with Gasteiger partial charge in [0.1, 0.15) is 6.61 Å². The van der Waals surface area contributed by atoms with Crippen molar-refractivity contribution in [3.05, 3.63) is 11.6 Å². The molecule has 0 aromatic rings. The number of carbonyl (C=O) groups excluding carboxylic acids is 1. The van der Waals surface area contributed by atoms with Crippen molar-refractivity contribution in [2.45, 2.75) is 44.9 Å². The molecule has 0 aromatic carbocycles. The zero-order valence-corrected chi connectivity index (χ0v) is 9.21. The minimum Gasteiger partial charge on any atom is -0.458 e. The van der Waals surface area contributed by atoms with Gasteiger partial charge in [0.2, 0.25) is 0 Å². The van der Waals surface area contributed by atoms with Gasteiger partial charge in [-0.3, -0.25) is 0 Å². The molecule has 0 aliphatic carbocycles. The Hall–Kier alpha value is -0.830. The van der Waals surface area contributed by atoms with Gasteiger partial charge in [0.15, 0.2) is 0 Å². The van der Waals surface area contributed by atoms with E-state index in [0.29, 0.717) is 13.2 Å². The Kier molecular flexibility index (Phi) is 6.09. The summed E-state index contributed by atoms with van der Waals surface area (Å²) in [7, 11) is 0. The first-order chi connectivity index (χ1) is 7.34. The largest absolute Gasteiger partial charge is 0.458 e. The predicted octanol–water partition coefficient (Wildman–Crippen LogP) is 2.19. The van der Waals surface area contributed by atoms with Crippen molar-refractivity contribution in [1.29, 1.82) is 0 Å². The van der Waals surface area contributed by atoms with Crippen LogP contribution in [0.15, 0.2) is 11.6 Å². The third-order valence-corrected chi connectivity index (χ3v) is 2.66. The maximum Gasteiger partial charge on any atom is 0.334 e. The molecule has 0 unspecified atom stereocenters. The summed E-state index contributed by atoms with van der Waals surface area (Å²) in [5.74, 6) is -0.129. The highest BCUT2D eigenvalue weighted by Gasteiger charge is 2.15. The van der Waals surface area contributed by atoms with Crippen LogP contribution >= 0.6 is 0 Å². The summed E-state index contributed by atoms with van der Waals surface area (Å²) in [5.41, 5.74) is 0.852. The summed E-state index contributed by atoms with van der Waals surface area (Å²) < 4.78 is 4.82. The van der Waals surface area contributed by atoms with Crippen LogP contribution in [0.4, 0.5) is 0 Å². The molecule has 86 valence electrons. The fraction of sp³-hybridized carbons (Fsp3) is 0.750. The summed E-state index contributed by atoms with van der Waals surface area (Å²) in [6, 6.07) is 0. The highest BCUT2D eigenvalue weighted by Crippen LogP contribution is 2.16. The van der Waals surface area contributed by atoms with Crippen LogP contribution < -0.4 is 0 Å². The zero-order chi connectivity index (χ0) is 10.9. The lowest BCUT2D eigenvalue weighted by Gasteiger charge is -2.01. The van der Waals surface area contributed by atoms with E-state index >= 15 is 0 Å².